The Morgan fingerprint density at radius 2 is 1.75 bits per heavy atom. The molecule has 82 valence electrons. The molecule has 0 bridgehead atoms. The van der Waals surface area contributed by atoms with E-state index in [0.29, 0.717) is 10.9 Å². The maximum Gasteiger partial charge on any atom is 0.323 e. The maximum atomic E-state index is 5.71. The molecule has 0 unspecified atom stereocenters. The zero-order valence-electron chi connectivity index (χ0n) is 8.55. The second kappa shape index (κ2) is 4.81. The van der Waals surface area contributed by atoms with Crippen molar-refractivity contribution >= 4 is 11.6 Å². The first kappa shape index (κ1) is 10.7. The van der Waals surface area contributed by atoms with Gasteiger partial charge in [-0.25, -0.2) is 4.98 Å². The number of benzene rings is 1. The van der Waals surface area contributed by atoms with E-state index in [9.17, 15) is 0 Å². The average Bonchev–Trinajstić information content (AvgIpc) is 2.30. The molecule has 1 heterocycles. The van der Waals surface area contributed by atoms with E-state index < -0.39 is 0 Å². The zero-order chi connectivity index (χ0) is 11.4. The third-order valence-electron chi connectivity index (χ3n) is 1.87. The van der Waals surface area contributed by atoms with Crippen molar-refractivity contribution in [3.63, 3.8) is 0 Å². The van der Waals surface area contributed by atoms with Crippen LogP contribution in [0.5, 0.6) is 17.5 Å². The number of methoxy groups -OCH3 is 1. The van der Waals surface area contributed by atoms with Crippen LogP contribution < -0.4 is 9.47 Å². The molecule has 1 aromatic carbocycles. The Hall–Kier alpha value is -1.81. The summed E-state index contributed by atoms with van der Waals surface area (Å²) in [6.07, 6.45) is 1.54. The van der Waals surface area contributed by atoms with Crippen LogP contribution in [0.4, 0.5) is 0 Å². The van der Waals surface area contributed by atoms with E-state index in [2.05, 4.69) is 9.97 Å². The summed E-state index contributed by atoms with van der Waals surface area (Å²) in [5.41, 5.74) is 0. The molecule has 0 saturated heterocycles. The van der Waals surface area contributed by atoms with Gasteiger partial charge < -0.3 is 9.47 Å². The highest BCUT2D eigenvalue weighted by atomic mass is 35.5. The van der Waals surface area contributed by atoms with Crippen LogP contribution >= 0.6 is 11.6 Å². The smallest absolute Gasteiger partial charge is 0.323 e. The van der Waals surface area contributed by atoms with Crippen molar-refractivity contribution in [3.8, 4) is 17.5 Å². The zero-order valence-corrected chi connectivity index (χ0v) is 9.31. The standard InChI is InChI=1S/C11H9ClN2O2/c1-15-8-2-4-9(5-3-8)16-11-13-7-6-10(12)14-11/h2-7H,1H3. The number of ether oxygens (including phenoxy) is 2. The van der Waals surface area contributed by atoms with Crippen molar-refractivity contribution in [2.45, 2.75) is 0 Å². The number of hydrogen-bond donors (Lipinski definition) is 0. The van der Waals surface area contributed by atoms with Gasteiger partial charge in [0.1, 0.15) is 16.7 Å². The first-order valence-electron chi connectivity index (χ1n) is 4.58. The number of aromatic nitrogens is 2. The molecule has 0 atom stereocenters. The molecule has 1 aromatic heterocycles. The van der Waals surface area contributed by atoms with E-state index in [1.54, 1.807) is 37.4 Å². The van der Waals surface area contributed by atoms with Crippen LogP contribution in [0.1, 0.15) is 0 Å². The Morgan fingerprint density at radius 1 is 1.06 bits per heavy atom. The van der Waals surface area contributed by atoms with Crippen LogP contribution in [0, 0.1) is 0 Å². The number of hydrogen-bond acceptors (Lipinski definition) is 4. The van der Waals surface area contributed by atoms with E-state index in [0.717, 1.165) is 5.75 Å². The Labute approximate surface area is 97.8 Å². The second-order valence-corrected chi connectivity index (χ2v) is 3.33. The van der Waals surface area contributed by atoms with Crippen molar-refractivity contribution < 1.29 is 9.47 Å². The van der Waals surface area contributed by atoms with E-state index in [4.69, 9.17) is 21.1 Å². The van der Waals surface area contributed by atoms with Gasteiger partial charge in [-0.2, -0.15) is 4.98 Å². The van der Waals surface area contributed by atoms with Crippen LogP contribution in [-0.4, -0.2) is 17.1 Å². The van der Waals surface area contributed by atoms with E-state index in [1.807, 2.05) is 0 Å². The number of nitrogens with zero attached hydrogens (tertiary/aromatic N) is 2. The predicted octanol–water partition coefficient (Wildman–Crippen LogP) is 2.93. The highest BCUT2D eigenvalue weighted by Crippen LogP contribution is 2.21. The van der Waals surface area contributed by atoms with Gasteiger partial charge >= 0.3 is 6.01 Å². The number of rotatable bonds is 3. The van der Waals surface area contributed by atoms with Gasteiger partial charge in [0, 0.05) is 6.20 Å². The van der Waals surface area contributed by atoms with Crippen molar-refractivity contribution in [1.29, 1.82) is 0 Å². The average molecular weight is 237 g/mol. The normalized spacial score (nSPS) is 9.88. The van der Waals surface area contributed by atoms with Gasteiger partial charge in [0.2, 0.25) is 0 Å². The molecule has 0 N–H and O–H groups in total. The van der Waals surface area contributed by atoms with Gasteiger partial charge in [-0.1, -0.05) is 11.6 Å². The van der Waals surface area contributed by atoms with Crippen LogP contribution in [0.15, 0.2) is 36.5 Å². The van der Waals surface area contributed by atoms with Crippen LogP contribution in [0.2, 0.25) is 5.15 Å². The van der Waals surface area contributed by atoms with Crippen molar-refractivity contribution in [2.75, 3.05) is 7.11 Å². The molecule has 4 nitrogen and oxygen atoms in total. The van der Waals surface area contributed by atoms with Crippen LogP contribution in [-0.2, 0) is 0 Å². The molecule has 2 aromatic rings. The minimum atomic E-state index is 0.220. The van der Waals surface area contributed by atoms with Crippen molar-refractivity contribution in [1.82, 2.24) is 9.97 Å². The minimum absolute atomic E-state index is 0.220. The van der Waals surface area contributed by atoms with Gasteiger partial charge in [0.25, 0.3) is 0 Å². The lowest BCUT2D eigenvalue weighted by Gasteiger charge is -2.04. The van der Waals surface area contributed by atoms with E-state index in [-0.39, 0.29) is 6.01 Å². The summed E-state index contributed by atoms with van der Waals surface area (Å²) in [5, 5.41) is 0.346. The topological polar surface area (TPSA) is 44.2 Å². The monoisotopic (exact) mass is 236 g/mol. The molecule has 0 spiro atoms. The fourth-order valence-corrected chi connectivity index (χ4v) is 1.25. The fourth-order valence-electron chi connectivity index (χ4n) is 1.12. The molecule has 5 heteroatoms. The lowest BCUT2D eigenvalue weighted by Crippen LogP contribution is -1.91. The Morgan fingerprint density at radius 3 is 2.38 bits per heavy atom. The third-order valence-corrected chi connectivity index (χ3v) is 2.08. The van der Waals surface area contributed by atoms with Gasteiger partial charge in [-0.15, -0.1) is 0 Å². The van der Waals surface area contributed by atoms with Gasteiger partial charge in [0.05, 0.1) is 7.11 Å². The summed E-state index contributed by atoms with van der Waals surface area (Å²) in [7, 11) is 1.61. The summed E-state index contributed by atoms with van der Waals surface area (Å²) < 4.78 is 10.4. The van der Waals surface area contributed by atoms with E-state index >= 15 is 0 Å². The minimum Gasteiger partial charge on any atom is -0.497 e. The van der Waals surface area contributed by atoms with Gasteiger partial charge in [-0.05, 0) is 30.3 Å². The first-order valence-corrected chi connectivity index (χ1v) is 4.96. The lowest BCUT2D eigenvalue weighted by atomic mass is 10.3. The molecule has 0 radical (unpaired) electrons. The third kappa shape index (κ3) is 2.61. The Bertz CT molecular complexity index is 474. The molecule has 0 aliphatic heterocycles. The largest absolute Gasteiger partial charge is 0.497 e. The highest BCUT2D eigenvalue weighted by Gasteiger charge is 2.01. The predicted molar refractivity (Wildman–Crippen MR) is 60.1 cm³/mol. The van der Waals surface area contributed by atoms with Gasteiger partial charge in [-0.3, -0.25) is 0 Å². The van der Waals surface area contributed by atoms with Gasteiger partial charge in [0.15, 0.2) is 0 Å². The first-order chi connectivity index (χ1) is 7.78. The Kier molecular flexibility index (Phi) is 3.22. The molecule has 16 heavy (non-hydrogen) atoms. The van der Waals surface area contributed by atoms with Crippen LogP contribution in [0.3, 0.4) is 0 Å². The molecule has 0 amide bonds. The quantitative estimate of drug-likeness (QED) is 0.769. The number of halogens is 1. The molecular weight excluding hydrogens is 228 g/mol. The van der Waals surface area contributed by atoms with Crippen molar-refractivity contribution in [2.24, 2.45) is 0 Å². The SMILES string of the molecule is COc1ccc(Oc2nccc(Cl)n2)cc1. The fraction of sp³-hybridized carbons (Fsp3) is 0.0909. The summed E-state index contributed by atoms with van der Waals surface area (Å²) in [5.74, 6) is 1.39. The molecule has 0 aliphatic carbocycles. The summed E-state index contributed by atoms with van der Waals surface area (Å²) >= 11 is 5.71. The van der Waals surface area contributed by atoms with E-state index in [1.165, 1.54) is 6.20 Å². The molecule has 0 saturated carbocycles. The highest BCUT2D eigenvalue weighted by molar-refractivity contribution is 6.29. The molecular formula is C11H9ClN2O2. The summed E-state index contributed by atoms with van der Waals surface area (Å²) in [4.78, 5) is 7.84. The summed E-state index contributed by atoms with van der Waals surface area (Å²) in [6.45, 7) is 0. The lowest BCUT2D eigenvalue weighted by molar-refractivity contribution is 0.410. The molecule has 0 aliphatic rings. The molecule has 2 rings (SSSR count). The Balaban J connectivity index is 2.14. The molecule has 0 fully saturated rings. The summed E-state index contributed by atoms with van der Waals surface area (Å²) in [6, 6.07) is 8.92. The second-order valence-electron chi connectivity index (χ2n) is 2.94. The van der Waals surface area contributed by atoms with Crippen LogP contribution in [0.25, 0.3) is 0 Å². The van der Waals surface area contributed by atoms with Crippen molar-refractivity contribution in [3.05, 3.63) is 41.7 Å². The maximum absolute atomic E-state index is 5.71.